The van der Waals surface area contributed by atoms with Gasteiger partial charge in [-0.1, -0.05) is 46.9 Å². The molecule has 0 aliphatic rings. The van der Waals surface area contributed by atoms with Gasteiger partial charge in [0.1, 0.15) is 6.61 Å². The zero-order valence-corrected chi connectivity index (χ0v) is 18.8. The van der Waals surface area contributed by atoms with Gasteiger partial charge in [0.05, 0.1) is 22.3 Å². The van der Waals surface area contributed by atoms with E-state index in [-0.39, 0.29) is 0 Å². The van der Waals surface area contributed by atoms with Crippen LogP contribution >= 0.6 is 50.7 Å². The number of hydrogen-bond donors (Lipinski definition) is 1. The normalized spacial score (nSPS) is 10.6. The maximum absolute atomic E-state index is 6.20. The van der Waals surface area contributed by atoms with Crippen LogP contribution in [0.2, 0.25) is 15.1 Å². The number of anilines is 1. The van der Waals surface area contributed by atoms with E-state index in [0.29, 0.717) is 39.7 Å². The molecule has 3 nitrogen and oxygen atoms in total. The predicted octanol–water partition coefficient (Wildman–Crippen LogP) is 7.61. The van der Waals surface area contributed by atoms with Crippen LogP contribution in [0.1, 0.15) is 11.1 Å². The van der Waals surface area contributed by atoms with Gasteiger partial charge in [-0.15, -0.1) is 0 Å². The average molecular weight is 502 g/mol. The second-order valence-electron chi connectivity index (χ2n) is 6.00. The van der Waals surface area contributed by atoms with Crippen LogP contribution in [0.5, 0.6) is 11.5 Å². The van der Waals surface area contributed by atoms with Crippen molar-refractivity contribution in [3.8, 4) is 11.5 Å². The Morgan fingerprint density at radius 1 is 0.893 bits per heavy atom. The van der Waals surface area contributed by atoms with Gasteiger partial charge in [-0.25, -0.2) is 0 Å². The van der Waals surface area contributed by atoms with Gasteiger partial charge in [-0.2, -0.15) is 0 Å². The number of ether oxygens (including phenoxy) is 2. The quantitative estimate of drug-likeness (QED) is 0.361. The van der Waals surface area contributed by atoms with Crippen LogP contribution in [0.3, 0.4) is 0 Å². The number of nitrogens with one attached hydrogen (secondary N) is 1. The van der Waals surface area contributed by atoms with Gasteiger partial charge in [0, 0.05) is 16.6 Å². The van der Waals surface area contributed by atoms with Crippen LogP contribution in [0.15, 0.2) is 59.1 Å². The summed E-state index contributed by atoms with van der Waals surface area (Å²) in [4.78, 5) is 0. The molecule has 0 unspecified atom stereocenters. The summed E-state index contributed by atoms with van der Waals surface area (Å²) in [5, 5.41) is 5.21. The molecule has 0 radical (unpaired) electrons. The summed E-state index contributed by atoms with van der Waals surface area (Å²) in [7, 11) is 1.61. The standard InChI is InChI=1S/C21H17BrCl3NO2/c1-27-20-9-14(11-26-19-10-16(24)6-7-18(19)25)8-17(22)21(20)28-12-13-2-4-15(23)5-3-13/h2-10,26H,11-12H2,1H3. The van der Waals surface area contributed by atoms with Crippen LogP contribution in [0, 0.1) is 0 Å². The fraction of sp³-hybridized carbons (Fsp3) is 0.143. The molecule has 0 heterocycles. The number of hydrogen-bond acceptors (Lipinski definition) is 3. The van der Waals surface area contributed by atoms with Crippen molar-refractivity contribution < 1.29 is 9.47 Å². The number of rotatable bonds is 7. The molecule has 7 heteroatoms. The average Bonchev–Trinajstić information content (AvgIpc) is 2.68. The summed E-state index contributed by atoms with van der Waals surface area (Å²) in [5.41, 5.74) is 2.78. The molecule has 0 spiro atoms. The minimum atomic E-state index is 0.405. The first-order chi connectivity index (χ1) is 13.5. The first-order valence-electron chi connectivity index (χ1n) is 8.39. The maximum Gasteiger partial charge on any atom is 0.175 e. The third-order valence-electron chi connectivity index (χ3n) is 4.00. The molecule has 3 aromatic rings. The van der Waals surface area contributed by atoms with Gasteiger partial charge in [0.25, 0.3) is 0 Å². The minimum absolute atomic E-state index is 0.405. The Morgan fingerprint density at radius 3 is 2.32 bits per heavy atom. The molecule has 0 saturated carbocycles. The molecule has 0 amide bonds. The van der Waals surface area contributed by atoms with Gasteiger partial charge in [0.2, 0.25) is 0 Å². The smallest absolute Gasteiger partial charge is 0.175 e. The van der Waals surface area contributed by atoms with Gasteiger partial charge >= 0.3 is 0 Å². The summed E-state index contributed by atoms with van der Waals surface area (Å²) in [5.74, 6) is 1.28. The lowest BCUT2D eigenvalue weighted by molar-refractivity contribution is 0.282. The second-order valence-corrected chi connectivity index (χ2v) is 8.14. The Labute approximate surface area is 187 Å². The van der Waals surface area contributed by atoms with Crippen molar-refractivity contribution in [1.82, 2.24) is 0 Å². The topological polar surface area (TPSA) is 30.5 Å². The zero-order valence-electron chi connectivity index (χ0n) is 14.9. The van der Waals surface area contributed by atoms with Gasteiger partial charge in [-0.3, -0.25) is 0 Å². The first-order valence-corrected chi connectivity index (χ1v) is 10.3. The predicted molar refractivity (Wildman–Crippen MR) is 120 cm³/mol. The molecule has 0 aromatic heterocycles. The molecule has 1 N–H and O–H groups in total. The van der Waals surface area contributed by atoms with Crippen molar-refractivity contribution in [3.63, 3.8) is 0 Å². The molecule has 0 fully saturated rings. The second kappa shape index (κ2) is 9.75. The molecule has 0 aliphatic carbocycles. The summed E-state index contributed by atoms with van der Waals surface area (Å²) >= 11 is 21.7. The van der Waals surface area contributed by atoms with Crippen molar-refractivity contribution in [2.75, 3.05) is 12.4 Å². The molecular formula is C21H17BrCl3NO2. The largest absolute Gasteiger partial charge is 0.493 e. The Hall–Kier alpha value is -1.59. The summed E-state index contributed by atoms with van der Waals surface area (Å²) < 4.78 is 12.3. The summed E-state index contributed by atoms with van der Waals surface area (Å²) in [6.07, 6.45) is 0. The van der Waals surface area contributed by atoms with Crippen LogP contribution in [-0.4, -0.2) is 7.11 Å². The van der Waals surface area contributed by atoms with Crippen molar-refractivity contribution in [1.29, 1.82) is 0 Å². The van der Waals surface area contributed by atoms with E-state index in [9.17, 15) is 0 Å². The number of benzene rings is 3. The Bertz CT molecular complexity index is 965. The number of methoxy groups -OCH3 is 1. The SMILES string of the molecule is COc1cc(CNc2cc(Cl)ccc2Cl)cc(Br)c1OCc1ccc(Cl)cc1. The fourth-order valence-corrected chi connectivity index (χ4v) is 3.67. The van der Waals surface area contributed by atoms with Crippen LogP contribution in [-0.2, 0) is 13.2 Å². The van der Waals surface area contributed by atoms with E-state index >= 15 is 0 Å². The highest BCUT2D eigenvalue weighted by Crippen LogP contribution is 2.37. The molecule has 0 aliphatic heterocycles. The minimum Gasteiger partial charge on any atom is -0.493 e. The lowest BCUT2D eigenvalue weighted by Gasteiger charge is -2.15. The van der Waals surface area contributed by atoms with Crippen molar-refractivity contribution in [3.05, 3.63) is 85.3 Å². The molecule has 3 rings (SSSR count). The van der Waals surface area contributed by atoms with Crippen LogP contribution in [0.4, 0.5) is 5.69 Å². The first kappa shape index (κ1) is 21.1. The van der Waals surface area contributed by atoms with E-state index in [1.807, 2.05) is 36.4 Å². The van der Waals surface area contributed by atoms with Crippen molar-refractivity contribution >= 4 is 56.4 Å². The fourth-order valence-electron chi connectivity index (χ4n) is 2.58. The third-order valence-corrected chi connectivity index (χ3v) is 5.40. The van der Waals surface area contributed by atoms with E-state index in [4.69, 9.17) is 44.3 Å². The Morgan fingerprint density at radius 2 is 1.61 bits per heavy atom. The molecule has 3 aromatic carbocycles. The van der Waals surface area contributed by atoms with E-state index < -0.39 is 0 Å². The number of halogens is 4. The van der Waals surface area contributed by atoms with E-state index in [2.05, 4.69) is 21.2 Å². The van der Waals surface area contributed by atoms with Gasteiger partial charge < -0.3 is 14.8 Å². The van der Waals surface area contributed by atoms with Crippen molar-refractivity contribution in [2.24, 2.45) is 0 Å². The Kier molecular flexibility index (Phi) is 7.36. The molecule has 0 saturated heterocycles. The molecular weight excluding hydrogens is 484 g/mol. The summed E-state index contributed by atoms with van der Waals surface area (Å²) in [6.45, 7) is 0.953. The van der Waals surface area contributed by atoms with E-state index in [1.165, 1.54) is 0 Å². The zero-order chi connectivity index (χ0) is 20.1. The van der Waals surface area contributed by atoms with E-state index in [1.54, 1.807) is 25.3 Å². The Balaban J connectivity index is 1.73. The van der Waals surface area contributed by atoms with Crippen LogP contribution < -0.4 is 14.8 Å². The maximum atomic E-state index is 6.20. The molecule has 0 atom stereocenters. The lowest BCUT2D eigenvalue weighted by atomic mass is 10.2. The molecule has 0 bridgehead atoms. The van der Waals surface area contributed by atoms with Gasteiger partial charge in [0.15, 0.2) is 11.5 Å². The summed E-state index contributed by atoms with van der Waals surface area (Å²) in [6, 6.07) is 16.7. The van der Waals surface area contributed by atoms with Crippen molar-refractivity contribution in [2.45, 2.75) is 13.2 Å². The highest BCUT2D eigenvalue weighted by atomic mass is 79.9. The van der Waals surface area contributed by atoms with Crippen LogP contribution in [0.25, 0.3) is 0 Å². The molecule has 28 heavy (non-hydrogen) atoms. The monoisotopic (exact) mass is 499 g/mol. The third kappa shape index (κ3) is 5.48. The lowest BCUT2D eigenvalue weighted by Crippen LogP contribution is -2.03. The van der Waals surface area contributed by atoms with E-state index in [0.717, 1.165) is 21.3 Å². The highest BCUT2D eigenvalue weighted by Gasteiger charge is 2.13. The van der Waals surface area contributed by atoms with Gasteiger partial charge in [-0.05, 0) is 69.5 Å². The molecule has 146 valence electrons. The highest BCUT2D eigenvalue weighted by molar-refractivity contribution is 9.10.